The van der Waals surface area contributed by atoms with E-state index in [1.54, 1.807) is 6.20 Å². The Bertz CT molecular complexity index is 372. The molecular formula is C24H45ClN2. The summed E-state index contributed by atoms with van der Waals surface area (Å²) in [6.07, 6.45) is 24.5. The number of pyridine rings is 1. The van der Waals surface area contributed by atoms with E-state index >= 15 is 0 Å². The van der Waals surface area contributed by atoms with Gasteiger partial charge >= 0.3 is 0 Å². The van der Waals surface area contributed by atoms with Gasteiger partial charge in [0.15, 0.2) is 0 Å². The summed E-state index contributed by atoms with van der Waals surface area (Å²) < 4.78 is 0. The quantitative estimate of drug-likeness (QED) is 0.225. The molecular weight excluding hydrogens is 352 g/mol. The standard InChI is InChI=1S/C18H39N.C6H6ClN/c1-2-3-4-5-6-7-8-9-10-11-12-13-14-15-16-17-18-19;1-5-3-2-4-8-6(5)7/h2-19H2,1H3;2-4H,1H3. The molecule has 1 aromatic rings. The largest absolute Gasteiger partial charge is 0.330 e. The average molecular weight is 397 g/mol. The third kappa shape index (κ3) is 20.0. The number of rotatable bonds is 16. The highest BCUT2D eigenvalue weighted by Gasteiger charge is 1.94. The number of aromatic nitrogens is 1. The van der Waals surface area contributed by atoms with Crippen LogP contribution in [0.1, 0.15) is 115 Å². The van der Waals surface area contributed by atoms with Crippen molar-refractivity contribution in [3.63, 3.8) is 0 Å². The molecule has 158 valence electrons. The molecule has 1 heterocycles. The summed E-state index contributed by atoms with van der Waals surface area (Å²) in [6, 6.07) is 3.79. The lowest BCUT2D eigenvalue weighted by atomic mass is 10.0. The van der Waals surface area contributed by atoms with E-state index in [9.17, 15) is 0 Å². The molecule has 0 radical (unpaired) electrons. The highest BCUT2D eigenvalue weighted by Crippen LogP contribution is 2.13. The summed E-state index contributed by atoms with van der Waals surface area (Å²) in [5, 5.41) is 0.590. The summed E-state index contributed by atoms with van der Waals surface area (Å²) >= 11 is 5.60. The first kappa shape index (κ1) is 26.4. The second-order valence-corrected chi connectivity index (χ2v) is 8.06. The van der Waals surface area contributed by atoms with Crippen molar-refractivity contribution in [2.45, 2.75) is 117 Å². The molecule has 0 saturated heterocycles. The molecule has 0 amide bonds. The molecule has 1 aromatic heterocycles. The zero-order valence-electron chi connectivity index (χ0n) is 18.2. The van der Waals surface area contributed by atoms with Gasteiger partial charge in [-0.25, -0.2) is 4.98 Å². The van der Waals surface area contributed by atoms with Gasteiger partial charge in [0.05, 0.1) is 0 Å². The Morgan fingerprint density at radius 3 is 1.44 bits per heavy atom. The van der Waals surface area contributed by atoms with Gasteiger partial charge in [0, 0.05) is 6.20 Å². The molecule has 0 atom stereocenters. The van der Waals surface area contributed by atoms with Crippen LogP contribution in [0, 0.1) is 6.92 Å². The molecule has 27 heavy (non-hydrogen) atoms. The summed E-state index contributed by atoms with van der Waals surface area (Å²) in [5.41, 5.74) is 6.51. The van der Waals surface area contributed by atoms with Crippen molar-refractivity contribution in [1.29, 1.82) is 0 Å². The fourth-order valence-corrected chi connectivity index (χ4v) is 3.28. The highest BCUT2D eigenvalue weighted by atomic mass is 35.5. The number of hydrogen-bond donors (Lipinski definition) is 1. The molecule has 0 aromatic carbocycles. The summed E-state index contributed by atoms with van der Waals surface area (Å²) in [7, 11) is 0. The van der Waals surface area contributed by atoms with E-state index in [0.29, 0.717) is 5.15 Å². The van der Waals surface area contributed by atoms with Crippen LogP contribution in [-0.2, 0) is 0 Å². The summed E-state index contributed by atoms with van der Waals surface area (Å²) in [4.78, 5) is 3.84. The van der Waals surface area contributed by atoms with E-state index in [1.807, 2.05) is 19.1 Å². The zero-order chi connectivity index (χ0) is 20.0. The van der Waals surface area contributed by atoms with Gasteiger partial charge in [-0.3, -0.25) is 0 Å². The first-order valence-electron chi connectivity index (χ1n) is 11.5. The van der Waals surface area contributed by atoms with Crippen molar-refractivity contribution in [3.8, 4) is 0 Å². The Hall–Kier alpha value is -0.600. The Morgan fingerprint density at radius 2 is 1.15 bits per heavy atom. The molecule has 0 unspecified atom stereocenters. The van der Waals surface area contributed by atoms with Gasteiger partial charge in [-0.1, -0.05) is 121 Å². The Morgan fingerprint density at radius 1 is 0.741 bits per heavy atom. The number of unbranched alkanes of at least 4 members (excludes halogenated alkanes) is 15. The lowest BCUT2D eigenvalue weighted by Crippen LogP contribution is -1.97. The second-order valence-electron chi connectivity index (χ2n) is 7.70. The molecule has 0 saturated carbocycles. The Kier molecular flexibility index (Phi) is 21.2. The number of nitrogens with two attached hydrogens (primary N) is 1. The van der Waals surface area contributed by atoms with Gasteiger partial charge in [-0.2, -0.15) is 0 Å². The van der Waals surface area contributed by atoms with Gasteiger partial charge in [0.1, 0.15) is 5.15 Å². The second kappa shape index (κ2) is 21.7. The Balaban J connectivity index is 0.000000694. The van der Waals surface area contributed by atoms with E-state index < -0.39 is 0 Å². The van der Waals surface area contributed by atoms with Gasteiger partial charge in [-0.15, -0.1) is 0 Å². The predicted molar refractivity (Wildman–Crippen MR) is 123 cm³/mol. The molecule has 1 rings (SSSR count). The molecule has 2 nitrogen and oxygen atoms in total. The van der Waals surface area contributed by atoms with E-state index in [1.165, 1.54) is 103 Å². The maximum Gasteiger partial charge on any atom is 0.131 e. The minimum atomic E-state index is 0.590. The van der Waals surface area contributed by atoms with E-state index in [-0.39, 0.29) is 0 Å². The summed E-state index contributed by atoms with van der Waals surface area (Å²) in [5.74, 6) is 0. The number of nitrogens with zero attached hydrogens (tertiary/aromatic N) is 1. The van der Waals surface area contributed by atoms with Crippen LogP contribution in [0.4, 0.5) is 0 Å². The number of halogens is 1. The maximum absolute atomic E-state index is 5.60. The van der Waals surface area contributed by atoms with Crippen LogP contribution in [0.3, 0.4) is 0 Å². The van der Waals surface area contributed by atoms with Crippen molar-refractivity contribution in [2.24, 2.45) is 5.73 Å². The molecule has 3 heteroatoms. The number of aryl methyl sites for hydroxylation is 1. The molecule has 0 aliphatic rings. The molecule has 2 N–H and O–H groups in total. The van der Waals surface area contributed by atoms with Gasteiger partial charge in [0.25, 0.3) is 0 Å². The summed E-state index contributed by atoms with van der Waals surface area (Å²) in [6.45, 7) is 5.09. The number of hydrogen-bond acceptors (Lipinski definition) is 2. The van der Waals surface area contributed by atoms with Crippen LogP contribution in [0.2, 0.25) is 5.15 Å². The molecule has 0 fully saturated rings. The lowest BCUT2D eigenvalue weighted by Gasteiger charge is -2.03. The highest BCUT2D eigenvalue weighted by molar-refractivity contribution is 6.30. The molecule has 0 spiro atoms. The van der Waals surface area contributed by atoms with Crippen molar-refractivity contribution < 1.29 is 0 Å². The smallest absolute Gasteiger partial charge is 0.131 e. The van der Waals surface area contributed by atoms with Crippen LogP contribution >= 0.6 is 11.6 Å². The predicted octanol–water partition coefficient (Wildman–Crippen LogP) is 8.25. The topological polar surface area (TPSA) is 38.9 Å². The van der Waals surface area contributed by atoms with Crippen molar-refractivity contribution >= 4 is 11.6 Å². The van der Waals surface area contributed by atoms with E-state index in [2.05, 4.69) is 11.9 Å². The fourth-order valence-electron chi connectivity index (χ4n) is 3.16. The van der Waals surface area contributed by atoms with Gasteiger partial charge in [0.2, 0.25) is 0 Å². The van der Waals surface area contributed by atoms with Crippen LogP contribution in [0.15, 0.2) is 18.3 Å². The first-order chi connectivity index (χ1) is 13.2. The minimum absolute atomic E-state index is 0.590. The van der Waals surface area contributed by atoms with Gasteiger partial charge in [-0.05, 0) is 31.5 Å². The van der Waals surface area contributed by atoms with E-state index in [4.69, 9.17) is 17.3 Å². The first-order valence-corrected chi connectivity index (χ1v) is 11.9. The Labute approximate surface area is 174 Å². The van der Waals surface area contributed by atoms with Crippen molar-refractivity contribution in [1.82, 2.24) is 4.98 Å². The molecule has 0 aliphatic heterocycles. The van der Waals surface area contributed by atoms with Crippen LogP contribution in [-0.4, -0.2) is 11.5 Å². The SMILES string of the molecule is CCCCCCCCCCCCCCCCCCN.Cc1cccnc1Cl. The minimum Gasteiger partial charge on any atom is -0.330 e. The van der Waals surface area contributed by atoms with Crippen LogP contribution in [0.5, 0.6) is 0 Å². The van der Waals surface area contributed by atoms with Gasteiger partial charge < -0.3 is 5.73 Å². The fraction of sp³-hybridized carbons (Fsp3) is 0.792. The maximum atomic E-state index is 5.60. The lowest BCUT2D eigenvalue weighted by molar-refractivity contribution is 0.530. The third-order valence-corrected chi connectivity index (χ3v) is 5.40. The van der Waals surface area contributed by atoms with E-state index in [0.717, 1.165) is 12.1 Å². The molecule has 0 bridgehead atoms. The van der Waals surface area contributed by atoms with Crippen LogP contribution < -0.4 is 5.73 Å². The van der Waals surface area contributed by atoms with Crippen molar-refractivity contribution in [3.05, 3.63) is 29.0 Å². The average Bonchev–Trinajstić information content (AvgIpc) is 2.68. The monoisotopic (exact) mass is 396 g/mol. The normalized spacial score (nSPS) is 10.5. The molecule has 0 aliphatic carbocycles. The third-order valence-electron chi connectivity index (χ3n) is 5.00. The zero-order valence-corrected chi connectivity index (χ0v) is 18.9. The van der Waals surface area contributed by atoms with Crippen LogP contribution in [0.25, 0.3) is 0 Å². The van der Waals surface area contributed by atoms with Crippen molar-refractivity contribution in [2.75, 3.05) is 6.54 Å².